The van der Waals surface area contributed by atoms with Crippen LogP contribution in [0.25, 0.3) is 0 Å². The summed E-state index contributed by atoms with van der Waals surface area (Å²) in [6.45, 7) is 0. The summed E-state index contributed by atoms with van der Waals surface area (Å²) in [7, 11) is 0. The summed E-state index contributed by atoms with van der Waals surface area (Å²) in [6, 6.07) is 0. The van der Waals surface area contributed by atoms with E-state index in [1.54, 1.807) is 0 Å². The summed E-state index contributed by atoms with van der Waals surface area (Å²) in [4.78, 5) is 19.7. The van der Waals surface area contributed by atoms with Crippen molar-refractivity contribution < 1.29 is 9.59 Å². The van der Waals surface area contributed by atoms with Crippen molar-refractivity contribution in [3.05, 3.63) is 0 Å². The Bertz CT molecular complexity index is 155. The Morgan fingerprint density at radius 2 is 2.22 bits per heavy atom. The largest absolute Gasteiger partial charge is 0.322 e. The molecule has 0 aliphatic rings. The molecule has 2 N–H and O–H groups in total. The van der Waals surface area contributed by atoms with Crippen LogP contribution in [0.3, 0.4) is 0 Å². The minimum absolute atomic E-state index is 0.0654. The standard InChI is InChI=1S/C3H3ClN3O2/c4-2(7-5)3(9)6-1-8/h1H,5H2. The molecule has 0 aromatic heterocycles. The van der Waals surface area contributed by atoms with E-state index in [1.807, 2.05) is 0 Å². The van der Waals surface area contributed by atoms with Gasteiger partial charge in [-0.15, -0.1) is 0 Å². The lowest BCUT2D eigenvalue weighted by molar-refractivity contribution is -0.120. The third-order valence-corrected chi connectivity index (χ3v) is 0.719. The number of hydrogen-bond donors (Lipinski definition) is 1. The van der Waals surface area contributed by atoms with E-state index in [4.69, 9.17) is 11.6 Å². The number of hydrazone groups is 1. The van der Waals surface area contributed by atoms with Crippen LogP contribution in [0.2, 0.25) is 0 Å². The minimum Gasteiger partial charge on any atom is -0.322 e. The van der Waals surface area contributed by atoms with Crippen LogP contribution in [0.4, 0.5) is 0 Å². The average Bonchev–Trinajstić information content (AvgIpc) is 1.87. The van der Waals surface area contributed by atoms with Gasteiger partial charge in [-0.1, -0.05) is 11.6 Å². The van der Waals surface area contributed by atoms with Gasteiger partial charge >= 0.3 is 5.91 Å². The van der Waals surface area contributed by atoms with Gasteiger partial charge in [0.1, 0.15) is 0 Å². The number of rotatable bonds is 2. The SMILES string of the molecule is NN=C(Cl)C(=O)[N]C=O. The van der Waals surface area contributed by atoms with Gasteiger partial charge in [0.15, 0.2) is 0 Å². The van der Waals surface area contributed by atoms with Crippen LogP contribution in [0, 0.1) is 0 Å². The predicted octanol–water partition coefficient (Wildman–Crippen LogP) is -1.22. The van der Waals surface area contributed by atoms with Gasteiger partial charge in [-0.05, 0) is 0 Å². The van der Waals surface area contributed by atoms with Crippen LogP contribution in [-0.4, -0.2) is 17.5 Å². The maximum Gasteiger partial charge on any atom is 0.312 e. The molecule has 0 aliphatic heterocycles. The molecule has 2 amide bonds. The van der Waals surface area contributed by atoms with Gasteiger partial charge in [0.2, 0.25) is 11.6 Å². The van der Waals surface area contributed by atoms with E-state index in [0.29, 0.717) is 0 Å². The molecule has 0 fully saturated rings. The lowest BCUT2D eigenvalue weighted by atomic mass is 10.7. The molecule has 0 unspecified atom stereocenters. The number of nitrogens with two attached hydrogens (primary N) is 1. The number of hydrogen-bond acceptors (Lipinski definition) is 4. The fourth-order valence-corrected chi connectivity index (χ4v) is 0.205. The van der Waals surface area contributed by atoms with Gasteiger partial charge < -0.3 is 5.84 Å². The molecule has 5 nitrogen and oxygen atoms in total. The maximum atomic E-state index is 10.2. The first-order chi connectivity index (χ1) is 4.22. The molecular formula is C3H3ClN3O2. The first kappa shape index (κ1) is 7.90. The van der Waals surface area contributed by atoms with E-state index in [1.165, 1.54) is 0 Å². The topological polar surface area (TPSA) is 86.6 Å². The smallest absolute Gasteiger partial charge is 0.312 e. The molecule has 0 aromatic carbocycles. The van der Waals surface area contributed by atoms with Crippen molar-refractivity contribution in [3.8, 4) is 0 Å². The van der Waals surface area contributed by atoms with Crippen LogP contribution in [0.15, 0.2) is 5.10 Å². The summed E-state index contributed by atoms with van der Waals surface area (Å²) in [6.07, 6.45) is 0.0654. The van der Waals surface area contributed by atoms with Crippen molar-refractivity contribution in [1.82, 2.24) is 5.32 Å². The molecule has 0 aromatic rings. The summed E-state index contributed by atoms with van der Waals surface area (Å²) in [5.74, 6) is 3.63. The second-order valence-electron chi connectivity index (χ2n) is 0.960. The molecule has 6 heteroatoms. The third-order valence-electron chi connectivity index (χ3n) is 0.460. The van der Waals surface area contributed by atoms with E-state index in [0.717, 1.165) is 0 Å². The van der Waals surface area contributed by atoms with Crippen molar-refractivity contribution >= 4 is 29.1 Å². The number of carbonyl (C=O) groups is 2. The number of nitrogens with zero attached hydrogens (tertiary/aromatic N) is 2. The Labute approximate surface area is 55.9 Å². The zero-order valence-corrected chi connectivity index (χ0v) is 5.00. The second-order valence-corrected chi connectivity index (χ2v) is 1.32. The molecule has 0 heterocycles. The van der Waals surface area contributed by atoms with Crippen LogP contribution in [-0.2, 0) is 9.59 Å². The summed E-state index contributed by atoms with van der Waals surface area (Å²) in [5, 5.41) is 5.01. The van der Waals surface area contributed by atoms with Crippen LogP contribution in [0.1, 0.15) is 0 Å². The van der Waals surface area contributed by atoms with E-state index in [2.05, 4.69) is 16.3 Å². The van der Waals surface area contributed by atoms with E-state index in [-0.39, 0.29) is 6.41 Å². The molecule has 0 saturated carbocycles. The zero-order chi connectivity index (χ0) is 7.28. The van der Waals surface area contributed by atoms with Crippen molar-refractivity contribution in [3.63, 3.8) is 0 Å². The van der Waals surface area contributed by atoms with Gasteiger partial charge in [-0.25, -0.2) is 0 Å². The molecule has 9 heavy (non-hydrogen) atoms. The summed E-state index contributed by atoms with van der Waals surface area (Å²) < 4.78 is 0. The first-order valence-electron chi connectivity index (χ1n) is 1.84. The summed E-state index contributed by atoms with van der Waals surface area (Å²) in [5.41, 5.74) is 0. The lowest BCUT2D eigenvalue weighted by Gasteiger charge is -1.86. The van der Waals surface area contributed by atoms with Gasteiger partial charge in [0, 0.05) is 0 Å². The monoisotopic (exact) mass is 148 g/mol. The number of halogens is 1. The Hall–Kier alpha value is -1.10. The Kier molecular flexibility index (Phi) is 3.38. The van der Waals surface area contributed by atoms with E-state index in [9.17, 15) is 9.59 Å². The first-order valence-corrected chi connectivity index (χ1v) is 2.22. The highest BCUT2D eigenvalue weighted by Gasteiger charge is 2.06. The van der Waals surface area contributed by atoms with Gasteiger partial charge in [0.05, 0.1) is 0 Å². The van der Waals surface area contributed by atoms with Crippen LogP contribution >= 0.6 is 11.6 Å². The fourth-order valence-electron chi connectivity index (χ4n) is 0.156. The molecule has 0 atom stereocenters. The highest BCUT2D eigenvalue weighted by Crippen LogP contribution is 1.81. The normalized spacial score (nSPS) is 10.6. The third kappa shape index (κ3) is 2.65. The fraction of sp³-hybridized carbons (Fsp3) is 0. The van der Waals surface area contributed by atoms with Gasteiger partial charge in [-0.3, -0.25) is 9.59 Å². The zero-order valence-electron chi connectivity index (χ0n) is 4.24. The molecule has 0 spiro atoms. The minimum atomic E-state index is -0.936. The Morgan fingerprint density at radius 1 is 1.67 bits per heavy atom. The number of amides is 2. The van der Waals surface area contributed by atoms with Crippen LogP contribution in [0.5, 0.6) is 0 Å². The average molecular weight is 149 g/mol. The summed E-state index contributed by atoms with van der Waals surface area (Å²) >= 11 is 5.02. The molecule has 0 saturated heterocycles. The Morgan fingerprint density at radius 3 is 2.56 bits per heavy atom. The van der Waals surface area contributed by atoms with Gasteiger partial charge in [0.25, 0.3) is 0 Å². The quantitative estimate of drug-likeness (QED) is 0.231. The predicted molar refractivity (Wildman–Crippen MR) is 30.7 cm³/mol. The van der Waals surface area contributed by atoms with Crippen molar-refractivity contribution in [2.75, 3.05) is 0 Å². The highest BCUT2D eigenvalue weighted by atomic mass is 35.5. The second kappa shape index (κ2) is 3.85. The van der Waals surface area contributed by atoms with E-state index >= 15 is 0 Å². The van der Waals surface area contributed by atoms with Crippen molar-refractivity contribution in [2.24, 2.45) is 10.9 Å². The molecule has 1 radical (unpaired) electrons. The molecule has 0 bridgehead atoms. The van der Waals surface area contributed by atoms with Gasteiger partial charge in [-0.2, -0.15) is 10.4 Å². The highest BCUT2D eigenvalue weighted by molar-refractivity contribution is 6.83. The van der Waals surface area contributed by atoms with E-state index < -0.39 is 11.1 Å². The van der Waals surface area contributed by atoms with Crippen molar-refractivity contribution in [1.29, 1.82) is 0 Å². The Balaban J connectivity index is 3.88. The molecule has 0 aliphatic carbocycles. The van der Waals surface area contributed by atoms with Crippen molar-refractivity contribution in [2.45, 2.75) is 0 Å². The number of imide groups is 1. The van der Waals surface area contributed by atoms with Crippen LogP contribution < -0.4 is 11.2 Å². The molecule has 0 rings (SSSR count). The maximum absolute atomic E-state index is 10.2. The lowest BCUT2D eigenvalue weighted by Crippen LogP contribution is -2.20. The molecule has 49 valence electrons. The number of carbonyl (C=O) groups excluding carboxylic acids is 2. The molecular weight excluding hydrogens is 146 g/mol.